The summed E-state index contributed by atoms with van der Waals surface area (Å²) in [4.78, 5) is 0. The predicted molar refractivity (Wildman–Crippen MR) is 73.1 cm³/mol. The maximum Gasteiger partial charge on any atom is 0.162 e. The summed E-state index contributed by atoms with van der Waals surface area (Å²) < 4.78 is 11.1. The van der Waals surface area contributed by atoms with Gasteiger partial charge in [0.05, 0.1) is 19.9 Å². The Morgan fingerprint density at radius 3 is 2.89 bits per heavy atom. The van der Waals surface area contributed by atoms with E-state index < -0.39 is 0 Å². The zero-order valence-corrected chi connectivity index (χ0v) is 10.8. The molecule has 5 heteroatoms. The molecule has 0 aliphatic heterocycles. The molecule has 2 N–H and O–H groups in total. The Hall–Kier alpha value is -2.17. The summed E-state index contributed by atoms with van der Waals surface area (Å²) in [6.07, 6.45) is 4.26. The maximum absolute atomic E-state index is 5.77. The molecule has 0 radical (unpaired) electrons. The average Bonchev–Trinajstić information content (AvgIpc) is 3.13. The highest BCUT2D eigenvalue weighted by Crippen LogP contribution is 2.34. The number of aromatic amines is 1. The highest BCUT2D eigenvalue weighted by atomic mass is 16.5. The molecule has 2 aromatic rings. The van der Waals surface area contributed by atoms with Crippen LogP contribution in [0.5, 0.6) is 11.5 Å². The minimum Gasteiger partial charge on any atom is -0.493 e. The van der Waals surface area contributed by atoms with Crippen LogP contribution in [0.2, 0.25) is 0 Å². The summed E-state index contributed by atoms with van der Waals surface area (Å²) in [5.41, 5.74) is 0.930. The smallest absolute Gasteiger partial charge is 0.162 e. The van der Waals surface area contributed by atoms with Crippen molar-refractivity contribution < 1.29 is 9.47 Å². The molecule has 5 nitrogen and oxygen atoms in total. The monoisotopic (exact) mass is 259 g/mol. The summed E-state index contributed by atoms with van der Waals surface area (Å²) in [6, 6.07) is 7.68. The maximum atomic E-state index is 5.77. The highest BCUT2D eigenvalue weighted by Gasteiger charge is 2.22. The number of aromatic nitrogens is 2. The Labute approximate surface area is 111 Å². The minimum atomic E-state index is 0.729. The third-order valence-corrected chi connectivity index (χ3v) is 3.11. The number of hydrogen-bond donors (Lipinski definition) is 2. The van der Waals surface area contributed by atoms with Gasteiger partial charge < -0.3 is 14.8 Å². The molecule has 1 saturated carbocycles. The molecule has 1 aliphatic carbocycles. The fourth-order valence-electron chi connectivity index (χ4n) is 1.84. The van der Waals surface area contributed by atoms with E-state index in [2.05, 4.69) is 15.5 Å². The number of hydrogen-bond acceptors (Lipinski definition) is 4. The zero-order valence-electron chi connectivity index (χ0n) is 10.8. The Bertz CT molecular complexity index is 536. The van der Waals surface area contributed by atoms with Gasteiger partial charge in [-0.1, -0.05) is 0 Å². The fraction of sp³-hybridized carbons (Fsp3) is 0.357. The van der Waals surface area contributed by atoms with Crippen LogP contribution in [0.1, 0.15) is 12.8 Å². The molecule has 1 aliphatic rings. The lowest BCUT2D eigenvalue weighted by Gasteiger charge is -2.12. The van der Waals surface area contributed by atoms with Gasteiger partial charge in [0, 0.05) is 17.8 Å². The van der Waals surface area contributed by atoms with Crippen molar-refractivity contribution in [1.29, 1.82) is 0 Å². The van der Waals surface area contributed by atoms with E-state index in [0.717, 1.165) is 35.5 Å². The second-order valence-electron chi connectivity index (χ2n) is 4.72. The van der Waals surface area contributed by atoms with Gasteiger partial charge in [-0.3, -0.25) is 5.10 Å². The van der Waals surface area contributed by atoms with E-state index in [9.17, 15) is 0 Å². The van der Waals surface area contributed by atoms with Crippen LogP contribution in [-0.4, -0.2) is 23.9 Å². The van der Waals surface area contributed by atoms with E-state index in [1.165, 1.54) is 12.8 Å². The van der Waals surface area contributed by atoms with E-state index in [0.29, 0.717) is 0 Å². The summed E-state index contributed by atoms with van der Waals surface area (Å²) >= 11 is 0. The number of nitrogens with one attached hydrogen (secondary N) is 2. The molecule has 100 valence electrons. The number of nitrogens with zero attached hydrogens (tertiary/aromatic N) is 1. The molecule has 0 saturated heterocycles. The number of rotatable bonds is 6. The van der Waals surface area contributed by atoms with E-state index >= 15 is 0 Å². The molecule has 0 spiro atoms. The number of methoxy groups -OCH3 is 1. The van der Waals surface area contributed by atoms with E-state index in [1.807, 2.05) is 24.3 Å². The Morgan fingerprint density at radius 2 is 2.21 bits per heavy atom. The van der Waals surface area contributed by atoms with Crippen LogP contribution in [0, 0.1) is 5.92 Å². The Balaban J connectivity index is 1.71. The van der Waals surface area contributed by atoms with Gasteiger partial charge >= 0.3 is 0 Å². The lowest BCUT2D eigenvalue weighted by molar-refractivity contribution is 0.280. The second kappa shape index (κ2) is 5.22. The average molecular weight is 259 g/mol. The van der Waals surface area contributed by atoms with Gasteiger partial charge in [-0.2, -0.15) is 5.10 Å². The molecule has 3 rings (SSSR count). The van der Waals surface area contributed by atoms with Crippen LogP contribution in [0.25, 0.3) is 0 Å². The summed E-state index contributed by atoms with van der Waals surface area (Å²) in [5.74, 6) is 3.11. The molecule has 0 bridgehead atoms. The van der Waals surface area contributed by atoms with E-state index in [4.69, 9.17) is 9.47 Å². The molecule has 19 heavy (non-hydrogen) atoms. The third-order valence-electron chi connectivity index (χ3n) is 3.11. The van der Waals surface area contributed by atoms with Gasteiger partial charge in [0.15, 0.2) is 11.5 Å². The normalized spacial score (nSPS) is 14.2. The van der Waals surface area contributed by atoms with Crippen molar-refractivity contribution in [2.45, 2.75) is 12.8 Å². The molecule has 0 amide bonds. The Morgan fingerprint density at radius 1 is 1.32 bits per heavy atom. The lowest BCUT2D eigenvalue weighted by Crippen LogP contribution is -2.01. The number of benzene rings is 1. The summed E-state index contributed by atoms with van der Waals surface area (Å²) in [5, 5.41) is 9.95. The van der Waals surface area contributed by atoms with Crippen molar-refractivity contribution in [2.75, 3.05) is 19.0 Å². The Kier molecular flexibility index (Phi) is 3.27. The first-order valence-corrected chi connectivity index (χ1v) is 6.42. The van der Waals surface area contributed by atoms with Gasteiger partial charge in [-0.25, -0.2) is 0 Å². The number of H-pyrrole nitrogens is 1. The number of anilines is 2. The third kappa shape index (κ3) is 2.99. The van der Waals surface area contributed by atoms with Crippen molar-refractivity contribution in [2.24, 2.45) is 5.92 Å². The van der Waals surface area contributed by atoms with Crippen molar-refractivity contribution in [3.63, 3.8) is 0 Å². The van der Waals surface area contributed by atoms with Crippen LogP contribution < -0.4 is 14.8 Å². The number of ether oxygens (including phenoxy) is 2. The first kappa shape index (κ1) is 11.9. The molecular weight excluding hydrogens is 242 g/mol. The standard InChI is InChI=1S/C14H17N3O2/c1-18-13-8-11(16-14-6-7-15-17-14)4-5-12(13)19-9-10-2-3-10/h4-8,10H,2-3,9H2,1H3,(H2,15,16,17). The summed E-state index contributed by atoms with van der Waals surface area (Å²) in [7, 11) is 1.65. The molecule has 0 atom stereocenters. The van der Waals surface area contributed by atoms with Crippen molar-refractivity contribution >= 4 is 11.5 Å². The van der Waals surface area contributed by atoms with Crippen LogP contribution in [-0.2, 0) is 0 Å². The van der Waals surface area contributed by atoms with E-state index in [1.54, 1.807) is 13.3 Å². The van der Waals surface area contributed by atoms with Crippen molar-refractivity contribution in [3.05, 3.63) is 30.5 Å². The topological polar surface area (TPSA) is 59.2 Å². The molecule has 1 heterocycles. The van der Waals surface area contributed by atoms with Crippen molar-refractivity contribution in [3.8, 4) is 11.5 Å². The second-order valence-corrected chi connectivity index (χ2v) is 4.72. The quantitative estimate of drug-likeness (QED) is 0.837. The van der Waals surface area contributed by atoms with Gasteiger partial charge in [-0.05, 0) is 30.9 Å². The van der Waals surface area contributed by atoms with E-state index in [-0.39, 0.29) is 0 Å². The lowest BCUT2D eigenvalue weighted by atomic mass is 10.2. The minimum absolute atomic E-state index is 0.729. The van der Waals surface area contributed by atoms with Gasteiger partial charge in [-0.15, -0.1) is 0 Å². The molecule has 1 aromatic heterocycles. The largest absolute Gasteiger partial charge is 0.493 e. The predicted octanol–water partition coefficient (Wildman–Crippen LogP) is 2.95. The SMILES string of the molecule is COc1cc(Nc2ccn[nH]2)ccc1OCC1CC1. The van der Waals surface area contributed by atoms with Crippen molar-refractivity contribution in [1.82, 2.24) is 10.2 Å². The fourth-order valence-corrected chi connectivity index (χ4v) is 1.84. The van der Waals surface area contributed by atoms with Crippen LogP contribution in [0.4, 0.5) is 11.5 Å². The zero-order chi connectivity index (χ0) is 13.1. The molecule has 1 aromatic carbocycles. The van der Waals surface area contributed by atoms with Crippen LogP contribution in [0.15, 0.2) is 30.5 Å². The molecule has 1 fully saturated rings. The molecule has 0 unspecified atom stereocenters. The van der Waals surface area contributed by atoms with Crippen LogP contribution in [0.3, 0.4) is 0 Å². The van der Waals surface area contributed by atoms with Crippen LogP contribution >= 0.6 is 0 Å². The summed E-state index contributed by atoms with van der Waals surface area (Å²) in [6.45, 7) is 0.781. The first-order chi connectivity index (χ1) is 9.35. The van der Waals surface area contributed by atoms with Gasteiger partial charge in [0.2, 0.25) is 0 Å². The molecular formula is C14H17N3O2. The first-order valence-electron chi connectivity index (χ1n) is 6.42. The highest BCUT2D eigenvalue weighted by molar-refractivity contribution is 5.61. The van der Waals surface area contributed by atoms with Gasteiger partial charge in [0.25, 0.3) is 0 Å². The van der Waals surface area contributed by atoms with Gasteiger partial charge in [0.1, 0.15) is 5.82 Å².